The summed E-state index contributed by atoms with van der Waals surface area (Å²) >= 11 is 0. The first-order valence-electron chi connectivity index (χ1n) is 18.8. The lowest BCUT2D eigenvalue weighted by molar-refractivity contribution is -0.136. The Bertz CT molecular complexity index is 1860. The predicted molar refractivity (Wildman–Crippen MR) is 207 cm³/mol. The predicted octanol–water partition coefficient (Wildman–Crippen LogP) is 7.57. The van der Waals surface area contributed by atoms with Gasteiger partial charge in [-0.3, -0.25) is 28.8 Å². The maximum Gasteiger partial charge on any atom is 0.311 e. The molecule has 4 aromatic rings. The first kappa shape index (κ1) is 38.4. The zero-order chi connectivity index (χ0) is 38.9. The molecule has 2 fully saturated rings. The van der Waals surface area contributed by atoms with E-state index in [4.69, 9.17) is 9.47 Å². The normalized spacial score (nSPS) is 17.0. The van der Waals surface area contributed by atoms with Crippen molar-refractivity contribution in [3.63, 3.8) is 0 Å². The van der Waals surface area contributed by atoms with Crippen molar-refractivity contribution >= 4 is 58.3 Å². The number of hydrogen-bond acceptors (Lipinski definition) is 8. The molecule has 2 aliphatic rings. The number of carbonyl (C=O) groups is 6. The van der Waals surface area contributed by atoms with E-state index in [9.17, 15) is 28.8 Å². The van der Waals surface area contributed by atoms with Crippen LogP contribution in [-0.4, -0.2) is 35.6 Å². The van der Waals surface area contributed by atoms with Crippen LogP contribution in [0.5, 0.6) is 11.5 Å². The summed E-state index contributed by atoms with van der Waals surface area (Å²) in [6.45, 7) is 4.02. The Morgan fingerprint density at radius 2 is 0.764 bits per heavy atom. The number of esters is 2. The molecule has 0 aromatic heterocycles. The Morgan fingerprint density at radius 3 is 1.07 bits per heavy atom. The van der Waals surface area contributed by atoms with Crippen LogP contribution in [0, 0.1) is 11.8 Å². The summed E-state index contributed by atoms with van der Waals surface area (Å²) in [6, 6.07) is 30.7. The van der Waals surface area contributed by atoms with Crippen LogP contribution < -0.4 is 29.5 Å². The molecule has 0 saturated carbocycles. The molecule has 0 radical (unpaired) electrons. The van der Waals surface area contributed by atoms with E-state index in [-0.39, 0.29) is 54.4 Å². The molecule has 12 heteroatoms. The summed E-state index contributed by atoms with van der Waals surface area (Å²) in [6.07, 6.45) is 4.23. The Balaban J connectivity index is 1.01. The highest BCUT2D eigenvalue weighted by atomic mass is 16.5. The van der Waals surface area contributed by atoms with Crippen LogP contribution >= 0.6 is 0 Å². The number of unbranched alkanes of at least 4 members (excludes halogenated alkanes) is 2. The number of amides is 4. The molecule has 2 unspecified atom stereocenters. The Labute approximate surface area is 320 Å². The molecule has 0 N–H and O–H groups in total. The van der Waals surface area contributed by atoms with Crippen molar-refractivity contribution in [1.29, 1.82) is 0 Å². The van der Waals surface area contributed by atoms with Gasteiger partial charge in [0.1, 0.15) is 23.3 Å². The second kappa shape index (κ2) is 17.7. The Hall–Kier alpha value is -6.30. The third kappa shape index (κ3) is 8.59. The van der Waals surface area contributed by atoms with E-state index in [2.05, 4.69) is 0 Å². The van der Waals surface area contributed by atoms with Gasteiger partial charge in [-0.05, 0) is 92.1 Å². The van der Waals surface area contributed by atoms with Gasteiger partial charge in [0.25, 0.3) is 23.6 Å². The lowest BCUT2D eigenvalue weighted by atomic mass is 10.0. The molecule has 2 atom stereocenters. The smallest absolute Gasteiger partial charge is 0.311 e. The van der Waals surface area contributed by atoms with E-state index in [1.165, 1.54) is 20.0 Å². The van der Waals surface area contributed by atoms with Gasteiger partial charge in [0.15, 0.2) is 0 Å². The molecular weight excluding hydrogens is 700 g/mol. The average molecular weight is 745 g/mol. The fraction of sp³-hybridized carbons (Fsp3) is 0.302. The van der Waals surface area contributed by atoms with E-state index in [1.807, 2.05) is 26.0 Å². The van der Waals surface area contributed by atoms with Crippen LogP contribution in [0.3, 0.4) is 0 Å². The van der Waals surface area contributed by atoms with Crippen molar-refractivity contribution in [2.24, 2.45) is 11.8 Å². The third-order valence-corrected chi connectivity index (χ3v) is 9.51. The van der Waals surface area contributed by atoms with E-state index in [0.29, 0.717) is 35.6 Å². The number of ether oxygens (including phenoxy) is 2. The molecule has 284 valence electrons. The van der Waals surface area contributed by atoms with Gasteiger partial charge in [0.05, 0.1) is 22.7 Å². The second-order valence-corrected chi connectivity index (χ2v) is 13.5. The molecule has 0 aliphatic carbocycles. The van der Waals surface area contributed by atoms with Crippen molar-refractivity contribution in [1.82, 2.24) is 0 Å². The van der Waals surface area contributed by atoms with Gasteiger partial charge < -0.3 is 9.47 Å². The van der Waals surface area contributed by atoms with Crippen LogP contribution in [0.1, 0.15) is 71.6 Å². The molecule has 4 amide bonds. The summed E-state index contributed by atoms with van der Waals surface area (Å²) in [5.74, 6) is -3.31. The summed E-state index contributed by atoms with van der Waals surface area (Å²) in [5, 5.41) is 5.55. The van der Waals surface area contributed by atoms with Crippen LogP contribution in [0.2, 0.25) is 0 Å². The van der Waals surface area contributed by atoms with Gasteiger partial charge in [-0.1, -0.05) is 75.9 Å². The largest absolute Gasteiger partial charge is 0.427 e. The van der Waals surface area contributed by atoms with Gasteiger partial charge in [-0.15, -0.1) is 0 Å². The molecule has 0 spiro atoms. The number of anilines is 4. The van der Waals surface area contributed by atoms with Crippen LogP contribution in [0.4, 0.5) is 22.7 Å². The number of carbonyl (C=O) groups excluding carboxylic acids is 6. The monoisotopic (exact) mass is 744 g/mol. The number of rotatable bonds is 16. The number of hydrazine groups is 2. The molecule has 4 aromatic carbocycles. The molecule has 2 aliphatic heterocycles. The molecule has 6 rings (SSSR count). The fourth-order valence-electron chi connectivity index (χ4n) is 6.67. The number of hydrogen-bond donors (Lipinski definition) is 0. The van der Waals surface area contributed by atoms with E-state index < -0.39 is 23.8 Å². The summed E-state index contributed by atoms with van der Waals surface area (Å²) in [4.78, 5) is 79.0. The average Bonchev–Trinajstić information content (AvgIpc) is 3.60. The highest BCUT2D eigenvalue weighted by molar-refractivity contribution is 6.23. The van der Waals surface area contributed by atoms with Gasteiger partial charge >= 0.3 is 11.9 Å². The summed E-state index contributed by atoms with van der Waals surface area (Å²) < 4.78 is 11.0. The first-order chi connectivity index (χ1) is 26.7. The maximum absolute atomic E-state index is 13.5. The third-order valence-electron chi connectivity index (χ3n) is 9.51. The minimum Gasteiger partial charge on any atom is -0.427 e. The van der Waals surface area contributed by atoms with Crippen molar-refractivity contribution in [2.75, 3.05) is 20.0 Å². The van der Waals surface area contributed by atoms with Crippen molar-refractivity contribution in [3.8, 4) is 11.5 Å². The lowest BCUT2D eigenvalue weighted by Gasteiger charge is -2.27. The summed E-state index contributed by atoms with van der Waals surface area (Å²) in [7, 11) is 0. The SMILES string of the molecule is CCCCC1C(=O)N(c2ccccc2)N(c2ccc(OC(=O)CCCC(=O)Oc3ccc(N4C(=O)C(CCCC)C(=O)N4c4ccccc4)cc3)cc2)C1=O. The number of benzene rings is 4. The molecule has 2 heterocycles. The van der Waals surface area contributed by atoms with E-state index in [0.717, 1.165) is 25.7 Å². The highest BCUT2D eigenvalue weighted by Crippen LogP contribution is 2.36. The Morgan fingerprint density at radius 1 is 0.455 bits per heavy atom. The van der Waals surface area contributed by atoms with Gasteiger partial charge in [-0.2, -0.15) is 0 Å². The molecule has 12 nitrogen and oxygen atoms in total. The van der Waals surface area contributed by atoms with Crippen molar-refractivity contribution in [2.45, 2.75) is 71.6 Å². The van der Waals surface area contributed by atoms with Crippen LogP contribution in [-0.2, 0) is 28.8 Å². The fourth-order valence-corrected chi connectivity index (χ4v) is 6.67. The second-order valence-electron chi connectivity index (χ2n) is 13.5. The lowest BCUT2D eigenvalue weighted by Crippen LogP contribution is -2.41. The number of nitrogens with zero attached hydrogens (tertiary/aromatic N) is 4. The molecule has 55 heavy (non-hydrogen) atoms. The standard InChI is InChI=1S/C43H44N4O8/c1-3-5-18-36-40(50)44(30-14-9-7-10-15-30)46(42(36)52)32-22-26-34(27-23-32)54-38(48)20-13-21-39(49)55-35-28-24-33(25-29-35)47-43(53)37(19-6-4-2)41(51)45(47)31-16-11-8-12-17-31/h7-12,14-17,22-29,36-37H,3-6,13,18-21H2,1-2H3. The minimum atomic E-state index is -0.773. The highest BCUT2D eigenvalue weighted by Gasteiger charge is 2.47. The maximum atomic E-state index is 13.5. The van der Waals surface area contributed by atoms with E-state index in [1.54, 1.807) is 97.1 Å². The molecule has 2 saturated heterocycles. The first-order valence-corrected chi connectivity index (χ1v) is 18.8. The zero-order valence-corrected chi connectivity index (χ0v) is 31.0. The topological polar surface area (TPSA) is 134 Å². The van der Waals surface area contributed by atoms with Crippen LogP contribution in [0.25, 0.3) is 0 Å². The summed E-state index contributed by atoms with van der Waals surface area (Å²) in [5.41, 5.74) is 2.07. The zero-order valence-electron chi connectivity index (χ0n) is 31.0. The van der Waals surface area contributed by atoms with Crippen molar-refractivity contribution in [3.05, 3.63) is 109 Å². The van der Waals surface area contributed by atoms with Gasteiger partial charge in [0, 0.05) is 12.8 Å². The van der Waals surface area contributed by atoms with Crippen LogP contribution in [0.15, 0.2) is 109 Å². The van der Waals surface area contributed by atoms with Gasteiger partial charge in [0.2, 0.25) is 0 Å². The minimum absolute atomic E-state index is 0.0462. The van der Waals surface area contributed by atoms with E-state index >= 15 is 0 Å². The quantitative estimate of drug-likeness (QED) is 0.0652. The molecule has 0 bridgehead atoms. The van der Waals surface area contributed by atoms with Gasteiger partial charge in [-0.25, -0.2) is 20.0 Å². The van der Waals surface area contributed by atoms with Crippen molar-refractivity contribution < 1.29 is 38.2 Å². The Kier molecular flexibility index (Phi) is 12.4. The molecular formula is C43H44N4O8. The number of para-hydroxylation sites is 2.